The molecule has 2 aliphatic rings. The van der Waals surface area contributed by atoms with Gasteiger partial charge in [-0.15, -0.1) is 0 Å². The van der Waals surface area contributed by atoms with E-state index in [1.807, 2.05) is 0 Å². The maximum atomic E-state index is 11.7. The number of carbonyl (C=O) groups is 1. The largest absolute Gasteiger partial charge is 0.480 e. The van der Waals surface area contributed by atoms with E-state index in [2.05, 4.69) is 24.1 Å². The first-order valence-electron chi connectivity index (χ1n) is 7.29. The number of hydrogen-bond donors (Lipinski definition) is 2. The molecule has 4 nitrogen and oxygen atoms in total. The average Bonchev–Trinajstić information content (AvgIpc) is 2.82. The Bertz CT molecular complexity index is 290. The summed E-state index contributed by atoms with van der Waals surface area (Å²) >= 11 is 0. The van der Waals surface area contributed by atoms with E-state index in [1.54, 1.807) is 0 Å². The van der Waals surface area contributed by atoms with E-state index in [0.717, 1.165) is 38.8 Å². The topological polar surface area (TPSA) is 52.6 Å². The molecule has 1 aliphatic heterocycles. The zero-order valence-electron chi connectivity index (χ0n) is 11.6. The van der Waals surface area contributed by atoms with Crippen molar-refractivity contribution in [2.45, 2.75) is 70.0 Å². The highest BCUT2D eigenvalue weighted by Crippen LogP contribution is 2.28. The first-order chi connectivity index (χ1) is 8.53. The lowest BCUT2D eigenvalue weighted by atomic mass is 9.86. The Labute approximate surface area is 110 Å². The van der Waals surface area contributed by atoms with Crippen molar-refractivity contribution in [3.8, 4) is 0 Å². The highest BCUT2D eigenvalue weighted by Gasteiger charge is 2.43. The molecule has 1 saturated heterocycles. The fourth-order valence-electron chi connectivity index (χ4n) is 3.30. The third-order valence-electron chi connectivity index (χ3n) is 4.63. The molecule has 18 heavy (non-hydrogen) atoms. The van der Waals surface area contributed by atoms with Crippen LogP contribution in [0.4, 0.5) is 0 Å². The monoisotopic (exact) mass is 254 g/mol. The van der Waals surface area contributed by atoms with Crippen molar-refractivity contribution in [2.24, 2.45) is 0 Å². The molecule has 0 aromatic rings. The molecule has 1 heterocycles. The van der Waals surface area contributed by atoms with Crippen molar-refractivity contribution >= 4 is 5.97 Å². The third kappa shape index (κ3) is 2.86. The Kier molecular flexibility index (Phi) is 4.28. The lowest BCUT2D eigenvalue weighted by Gasteiger charge is -2.42. The minimum atomic E-state index is -0.666. The molecule has 2 rings (SSSR count). The fraction of sp³-hybridized carbons (Fsp3) is 0.929. The molecule has 104 valence electrons. The minimum absolute atomic E-state index is 0.423. The van der Waals surface area contributed by atoms with E-state index < -0.39 is 11.5 Å². The Morgan fingerprint density at radius 1 is 1.28 bits per heavy atom. The average molecular weight is 254 g/mol. The van der Waals surface area contributed by atoms with Crippen molar-refractivity contribution in [2.75, 3.05) is 13.1 Å². The smallest absolute Gasteiger partial charge is 0.324 e. The summed E-state index contributed by atoms with van der Waals surface area (Å²) in [7, 11) is 0. The quantitative estimate of drug-likeness (QED) is 0.804. The van der Waals surface area contributed by atoms with Crippen LogP contribution in [0.5, 0.6) is 0 Å². The fourth-order valence-corrected chi connectivity index (χ4v) is 3.30. The van der Waals surface area contributed by atoms with E-state index >= 15 is 0 Å². The lowest BCUT2D eigenvalue weighted by Crippen LogP contribution is -2.61. The minimum Gasteiger partial charge on any atom is -0.480 e. The summed E-state index contributed by atoms with van der Waals surface area (Å²) < 4.78 is 0. The van der Waals surface area contributed by atoms with E-state index in [0.29, 0.717) is 12.1 Å². The van der Waals surface area contributed by atoms with E-state index in [4.69, 9.17) is 0 Å². The van der Waals surface area contributed by atoms with Gasteiger partial charge in [0, 0.05) is 25.2 Å². The van der Waals surface area contributed by atoms with Crippen molar-refractivity contribution in [1.29, 1.82) is 0 Å². The maximum Gasteiger partial charge on any atom is 0.324 e. The summed E-state index contributed by atoms with van der Waals surface area (Å²) in [5.41, 5.74) is -0.666. The van der Waals surface area contributed by atoms with Crippen LogP contribution in [0, 0.1) is 0 Å². The van der Waals surface area contributed by atoms with Gasteiger partial charge in [0.25, 0.3) is 0 Å². The number of nitrogens with one attached hydrogen (secondary N) is 1. The number of likely N-dealkylation sites (tertiary alicyclic amines) is 1. The molecule has 0 bridgehead atoms. The van der Waals surface area contributed by atoms with Crippen LogP contribution in [-0.2, 0) is 4.79 Å². The van der Waals surface area contributed by atoms with E-state index in [-0.39, 0.29) is 0 Å². The Morgan fingerprint density at radius 2 is 1.83 bits per heavy atom. The highest BCUT2D eigenvalue weighted by atomic mass is 16.4. The molecule has 1 saturated carbocycles. The lowest BCUT2D eigenvalue weighted by molar-refractivity contribution is -0.147. The summed E-state index contributed by atoms with van der Waals surface area (Å²) in [5.74, 6) is -0.655. The highest BCUT2D eigenvalue weighted by molar-refractivity contribution is 5.79. The number of piperidine rings is 1. The summed E-state index contributed by atoms with van der Waals surface area (Å²) in [6.45, 7) is 6.14. The molecule has 2 N–H and O–H groups in total. The number of carboxylic acids is 1. The molecule has 0 aromatic carbocycles. The van der Waals surface area contributed by atoms with Crippen LogP contribution in [-0.4, -0.2) is 46.7 Å². The van der Waals surface area contributed by atoms with Crippen molar-refractivity contribution in [3.63, 3.8) is 0 Å². The normalized spacial score (nSPS) is 25.7. The van der Waals surface area contributed by atoms with Crippen molar-refractivity contribution in [3.05, 3.63) is 0 Å². The molecular formula is C14H26N2O2. The second-order valence-electron chi connectivity index (χ2n) is 6.14. The standard InChI is InChI=1S/C14H26N2O2/c1-11(2)16-9-7-14(8-10-16,13(17)18)15-12-5-3-4-6-12/h11-12,15H,3-10H2,1-2H3,(H,17,18). The van der Waals surface area contributed by atoms with Gasteiger partial charge in [0.05, 0.1) is 0 Å². The molecule has 0 atom stereocenters. The number of nitrogens with zero attached hydrogens (tertiary/aromatic N) is 1. The Balaban J connectivity index is 1.98. The summed E-state index contributed by atoms with van der Waals surface area (Å²) in [5, 5.41) is 13.1. The molecule has 0 unspecified atom stereocenters. The van der Waals surface area contributed by atoms with Crippen molar-refractivity contribution in [1.82, 2.24) is 10.2 Å². The number of aliphatic carboxylic acids is 1. The van der Waals surface area contributed by atoms with Crippen LogP contribution in [0.25, 0.3) is 0 Å². The second-order valence-corrected chi connectivity index (χ2v) is 6.14. The molecule has 4 heteroatoms. The molecule has 1 aliphatic carbocycles. The summed E-state index contributed by atoms with van der Waals surface area (Å²) in [4.78, 5) is 14.0. The van der Waals surface area contributed by atoms with Gasteiger partial charge in [-0.2, -0.15) is 0 Å². The molecule has 2 fully saturated rings. The van der Waals surface area contributed by atoms with Crippen LogP contribution in [0.2, 0.25) is 0 Å². The van der Waals surface area contributed by atoms with Crippen LogP contribution in [0.15, 0.2) is 0 Å². The van der Waals surface area contributed by atoms with Gasteiger partial charge in [-0.3, -0.25) is 10.1 Å². The zero-order chi connectivity index (χ0) is 13.2. The van der Waals surface area contributed by atoms with Gasteiger partial charge < -0.3 is 10.0 Å². The first-order valence-corrected chi connectivity index (χ1v) is 7.29. The zero-order valence-corrected chi connectivity index (χ0v) is 11.6. The first kappa shape index (κ1) is 13.8. The second kappa shape index (κ2) is 5.57. The number of hydrogen-bond acceptors (Lipinski definition) is 3. The molecule has 0 spiro atoms. The van der Waals surface area contributed by atoms with Crippen LogP contribution in [0.3, 0.4) is 0 Å². The molecule has 0 aromatic heterocycles. The predicted molar refractivity (Wildman–Crippen MR) is 71.7 cm³/mol. The number of carboxylic acid groups (broad SMARTS) is 1. The van der Waals surface area contributed by atoms with Gasteiger partial charge in [-0.05, 0) is 39.5 Å². The number of rotatable bonds is 4. The predicted octanol–water partition coefficient (Wildman–Crippen LogP) is 1.85. The van der Waals surface area contributed by atoms with Crippen molar-refractivity contribution < 1.29 is 9.90 Å². The van der Waals surface area contributed by atoms with Crippen LogP contribution in [0.1, 0.15) is 52.4 Å². The third-order valence-corrected chi connectivity index (χ3v) is 4.63. The molecule has 0 amide bonds. The van der Waals surface area contributed by atoms with E-state index in [1.165, 1.54) is 12.8 Å². The summed E-state index contributed by atoms with van der Waals surface area (Å²) in [6.07, 6.45) is 6.23. The van der Waals surface area contributed by atoms with Gasteiger partial charge in [0.1, 0.15) is 5.54 Å². The van der Waals surface area contributed by atoms with Gasteiger partial charge in [0.15, 0.2) is 0 Å². The Hall–Kier alpha value is -0.610. The molecular weight excluding hydrogens is 228 g/mol. The van der Waals surface area contributed by atoms with Gasteiger partial charge in [0.2, 0.25) is 0 Å². The SMILES string of the molecule is CC(C)N1CCC(NC2CCCC2)(C(=O)O)CC1. The van der Waals surface area contributed by atoms with E-state index in [9.17, 15) is 9.90 Å². The van der Waals surface area contributed by atoms with Crippen LogP contribution < -0.4 is 5.32 Å². The van der Waals surface area contributed by atoms with Gasteiger partial charge in [-0.25, -0.2) is 0 Å². The van der Waals surface area contributed by atoms with Crippen LogP contribution >= 0.6 is 0 Å². The summed E-state index contributed by atoms with van der Waals surface area (Å²) in [6, 6.07) is 0.940. The van der Waals surface area contributed by atoms with Gasteiger partial charge >= 0.3 is 5.97 Å². The molecule has 0 radical (unpaired) electrons. The Morgan fingerprint density at radius 3 is 2.28 bits per heavy atom. The maximum absolute atomic E-state index is 11.7. The van der Waals surface area contributed by atoms with Gasteiger partial charge in [-0.1, -0.05) is 12.8 Å².